The summed E-state index contributed by atoms with van der Waals surface area (Å²) in [5.74, 6) is -1.75. The molecule has 2 heterocycles. The highest BCUT2D eigenvalue weighted by Gasteiger charge is 2.38. The average Bonchev–Trinajstić information content (AvgIpc) is 3.31. The Labute approximate surface area is 212 Å². The van der Waals surface area contributed by atoms with Crippen LogP contribution >= 0.6 is 22.9 Å². The van der Waals surface area contributed by atoms with Gasteiger partial charge < -0.3 is 20.1 Å². The smallest absolute Gasteiger partial charge is 0.336 e. The normalized spacial score (nSPS) is 14.0. The van der Waals surface area contributed by atoms with E-state index in [2.05, 4.69) is 10.6 Å². The number of ether oxygens (including phenoxy) is 2. The van der Waals surface area contributed by atoms with E-state index >= 15 is 0 Å². The lowest BCUT2D eigenvalue weighted by atomic mass is 9.79. The highest BCUT2D eigenvalue weighted by Crippen LogP contribution is 2.43. The maximum absolute atomic E-state index is 12.8. The number of nitrogens with zero attached hydrogens (tertiary/aromatic N) is 1. The quantitative estimate of drug-likeness (QED) is 0.406. The van der Waals surface area contributed by atoms with Crippen LogP contribution in [0.15, 0.2) is 76.5 Å². The Balaban J connectivity index is 1.78. The van der Waals surface area contributed by atoms with Crippen molar-refractivity contribution in [2.45, 2.75) is 19.8 Å². The number of hydrogen-bond donors (Lipinski definition) is 2. The van der Waals surface area contributed by atoms with Gasteiger partial charge in [-0.15, -0.1) is 11.3 Å². The fourth-order valence-electron chi connectivity index (χ4n) is 4.16. The molecule has 0 fully saturated rings. The molecule has 0 spiro atoms. The van der Waals surface area contributed by atoms with E-state index < -0.39 is 17.9 Å². The number of aromatic nitrogens is 1. The summed E-state index contributed by atoms with van der Waals surface area (Å²) in [5.41, 5.74) is 5.02. The molecule has 0 radical (unpaired) electrons. The summed E-state index contributed by atoms with van der Waals surface area (Å²) >= 11 is 7.57. The zero-order chi connectivity index (χ0) is 25.1. The highest BCUT2D eigenvalue weighted by molar-refractivity contribution is 7.14. The predicted molar refractivity (Wildman–Crippen MR) is 138 cm³/mol. The van der Waals surface area contributed by atoms with Crippen molar-refractivity contribution in [3.63, 3.8) is 0 Å². The zero-order valence-corrected chi connectivity index (χ0v) is 21.2. The number of rotatable bonds is 6. The summed E-state index contributed by atoms with van der Waals surface area (Å²) in [7, 11) is 2.64. The van der Waals surface area contributed by atoms with Crippen molar-refractivity contribution in [3.8, 4) is 11.3 Å². The molecule has 0 amide bonds. The fraction of sp³-hybridized carbons (Fsp3) is 0.192. The number of esters is 2. The van der Waals surface area contributed by atoms with Crippen molar-refractivity contribution in [2.75, 3.05) is 19.5 Å². The van der Waals surface area contributed by atoms with Gasteiger partial charge >= 0.3 is 11.9 Å². The molecule has 180 valence electrons. The second-order valence-corrected chi connectivity index (χ2v) is 9.17. The van der Waals surface area contributed by atoms with Crippen LogP contribution in [0.3, 0.4) is 0 Å². The van der Waals surface area contributed by atoms with E-state index in [1.165, 1.54) is 25.6 Å². The standard InChI is InChI=1S/C26H24ClN3O4S/c1-14-21(24(31)33-3)23(22(15(2)28-14)25(32)34-4)18-10-5-6-11-19(18)29-26-30-20(13-35-26)16-8-7-9-17(27)12-16/h5-13,23,28H,1-4H3,(H,29,30). The number of carbonyl (C=O) groups excluding carboxylic acids is 2. The van der Waals surface area contributed by atoms with Crippen LogP contribution in [-0.2, 0) is 19.1 Å². The monoisotopic (exact) mass is 509 g/mol. The number of methoxy groups -OCH3 is 2. The van der Waals surface area contributed by atoms with Gasteiger partial charge in [-0.1, -0.05) is 41.9 Å². The first kappa shape index (κ1) is 24.5. The molecule has 1 aliphatic rings. The Morgan fingerprint density at radius 1 is 1.00 bits per heavy atom. The minimum atomic E-state index is -0.702. The van der Waals surface area contributed by atoms with Gasteiger partial charge in [0.15, 0.2) is 5.13 Å². The Morgan fingerprint density at radius 3 is 2.29 bits per heavy atom. The Hall–Kier alpha value is -3.62. The summed E-state index contributed by atoms with van der Waals surface area (Å²) in [5, 5.41) is 9.71. The van der Waals surface area contributed by atoms with Crippen LogP contribution in [-0.4, -0.2) is 31.1 Å². The van der Waals surface area contributed by atoms with Crippen LogP contribution in [0.5, 0.6) is 0 Å². The molecule has 3 aromatic rings. The Morgan fingerprint density at radius 2 is 1.66 bits per heavy atom. The van der Waals surface area contributed by atoms with E-state index in [9.17, 15) is 9.59 Å². The second kappa shape index (κ2) is 10.3. The lowest BCUT2D eigenvalue weighted by Gasteiger charge is -2.31. The summed E-state index contributed by atoms with van der Waals surface area (Å²) in [6.45, 7) is 3.57. The topological polar surface area (TPSA) is 89.5 Å². The molecular weight excluding hydrogens is 486 g/mol. The van der Waals surface area contributed by atoms with Crippen LogP contribution in [0, 0.1) is 0 Å². The van der Waals surface area contributed by atoms with Gasteiger partial charge in [0.2, 0.25) is 0 Å². The minimum Gasteiger partial charge on any atom is -0.466 e. The number of anilines is 2. The molecule has 0 bridgehead atoms. The molecule has 7 nitrogen and oxygen atoms in total. The molecule has 1 aromatic heterocycles. The van der Waals surface area contributed by atoms with Crippen molar-refractivity contribution in [1.82, 2.24) is 10.3 Å². The molecule has 0 aliphatic carbocycles. The van der Waals surface area contributed by atoms with Crippen LogP contribution in [0.4, 0.5) is 10.8 Å². The molecule has 35 heavy (non-hydrogen) atoms. The molecule has 2 N–H and O–H groups in total. The van der Waals surface area contributed by atoms with E-state index in [1.807, 2.05) is 53.9 Å². The fourth-order valence-corrected chi connectivity index (χ4v) is 5.08. The third-order valence-corrected chi connectivity index (χ3v) is 6.70. The van der Waals surface area contributed by atoms with Crippen molar-refractivity contribution < 1.29 is 19.1 Å². The van der Waals surface area contributed by atoms with E-state index in [-0.39, 0.29) is 0 Å². The van der Waals surface area contributed by atoms with Gasteiger partial charge in [-0.25, -0.2) is 14.6 Å². The van der Waals surface area contributed by atoms with E-state index in [0.717, 1.165) is 11.3 Å². The first-order valence-corrected chi connectivity index (χ1v) is 12.0. The van der Waals surface area contributed by atoms with Gasteiger partial charge in [0, 0.05) is 33.0 Å². The zero-order valence-electron chi connectivity index (χ0n) is 19.6. The molecule has 4 rings (SSSR count). The Bertz CT molecular complexity index is 1320. The third-order valence-electron chi connectivity index (χ3n) is 5.71. The van der Waals surface area contributed by atoms with Crippen molar-refractivity contribution >= 4 is 45.7 Å². The van der Waals surface area contributed by atoms with Gasteiger partial charge in [-0.3, -0.25) is 0 Å². The summed E-state index contributed by atoms with van der Waals surface area (Å²) in [4.78, 5) is 30.4. The lowest BCUT2D eigenvalue weighted by Crippen LogP contribution is -2.32. The number of para-hydroxylation sites is 1. The number of thiazole rings is 1. The number of carbonyl (C=O) groups is 2. The molecule has 1 aliphatic heterocycles. The third kappa shape index (κ3) is 4.94. The van der Waals surface area contributed by atoms with E-state index in [1.54, 1.807) is 13.8 Å². The molecule has 0 atom stereocenters. The lowest BCUT2D eigenvalue weighted by molar-refractivity contribution is -0.137. The Kier molecular flexibility index (Phi) is 7.23. The van der Waals surface area contributed by atoms with E-state index in [4.69, 9.17) is 26.1 Å². The van der Waals surface area contributed by atoms with Crippen LogP contribution < -0.4 is 10.6 Å². The van der Waals surface area contributed by atoms with E-state index in [0.29, 0.717) is 43.9 Å². The van der Waals surface area contributed by atoms with Gasteiger partial charge in [0.25, 0.3) is 0 Å². The average molecular weight is 510 g/mol. The molecule has 0 saturated heterocycles. The first-order chi connectivity index (χ1) is 16.8. The van der Waals surface area contributed by atoms with Crippen molar-refractivity contribution in [1.29, 1.82) is 0 Å². The van der Waals surface area contributed by atoms with Crippen molar-refractivity contribution in [2.24, 2.45) is 0 Å². The van der Waals surface area contributed by atoms with Gasteiger partial charge in [0.1, 0.15) is 0 Å². The van der Waals surface area contributed by atoms with Crippen molar-refractivity contribution in [3.05, 3.63) is 87.0 Å². The minimum absolute atomic E-state index is 0.339. The van der Waals surface area contributed by atoms with Gasteiger partial charge in [-0.2, -0.15) is 0 Å². The molecule has 9 heteroatoms. The van der Waals surface area contributed by atoms with Crippen LogP contribution in [0.1, 0.15) is 25.3 Å². The molecular formula is C26H24ClN3O4S. The predicted octanol–water partition coefficient (Wildman–Crippen LogP) is 5.79. The number of halogens is 1. The first-order valence-electron chi connectivity index (χ1n) is 10.8. The van der Waals surface area contributed by atoms with Crippen LogP contribution in [0.25, 0.3) is 11.3 Å². The SMILES string of the molecule is COC(=O)C1=C(C)NC(C)=C(C(=O)OC)C1c1ccccc1Nc1nc(-c2cccc(Cl)c2)cs1. The summed E-state index contributed by atoms with van der Waals surface area (Å²) in [6, 6.07) is 15.0. The largest absolute Gasteiger partial charge is 0.466 e. The van der Waals surface area contributed by atoms with Gasteiger partial charge in [0.05, 0.1) is 37.0 Å². The number of dihydropyridines is 1. The maximum atomic E-state index is 12.8. The molecule has 2 aromatic carbocycles. The summed E-state index contributed by atoms with van der Waals surface area (Å²) < 4.78 is 10.2. The second-order valence-electron chi connectivity index (χ2n) is 7.88. The van der Waals surface area contributed by atoms with Gasteiger partial charge in [-0.05, 0) is 37.6 Å². The molecule has 0 unspecified atom stereocenters. The number of hydrogen-bond acceptors (Lipinski definition) is 8. The maximum Gasteiger partial charge on any atom is 0.336 e. The number of nitrogens with one attached hydrogen (secondary N) is 2. The molecule has 0 saturated carbocycles. The van der Waals surface area contributed by atoms with Crippen LogP contribution in [0.2, 0.25) is 5.02 Å². The highest BCUT2D eigenvalue weighted by atomic mass is 35.5. The number of allylic oxidation sites excluding steroid dienone is 2. The number of benzene rings is 2. The summed E-state index contributed by atoms with van der Waals surface area (Å²) in [6.07, 6.45) is 0.